The van der Waals surface area contributed by atoms with Gasteiger partial charge in [0, 0.05) is 19.7 Å². The van der Waals surface area contributed by atoms with E-state index in [1.54, 1.807) is 11.3 Å². The molecule has 2 aromatic rings. The van der Waals surface area contributed by atoms with Gasteiger partial charge < -0.3 is 15.8 Å². The topological polar surface area (TPSA) is 60.2 Å². The van der Waals surface area contributed by atoms with Crippen molar-refractivity contribution in [2.75, 3.05) is 25.5 Å². The summed E-state index contributed by atoms with van der Waals surface area (Å²) < 4.78 is 6.52. The molecule has 0 aliphatic carbocycles. The van der Waals surface area contributed by atoms with Crippen LogP contribution in [0.3, 0.4) is 0 Å². The highest BCUT2D eigenvalue weighted by Gasteiger charge is 2.14. The van der Waals surface area contributed by atoms with Crippen LogP contribution in [0.1, 0.15) is 12.0 Å². The third-order valence-corrected chi connectivity index (χ3v) is 4.10. The highest BCUT2D eigenvalue weighted by Crippen LogP contribution is 2.24. The molecule has 0 saturated carbocycles. The number of hydrogen-bond acceptors (Lipinski definition) is 5. The molecule has 1 saturated heterocycles. The summed E-state index contributed by atoms with van der Waals surface area (Å²) >= 11 is 1.54. The predicted octanol–water partition coefficient (Wildman–Crippen LogP) is 2.00. The van der Waals surface area contributed by atoms with Crippen LogP contribution < -0.4 is 11.1 Å². The molecule has 5 heteroatoms. The summed E-state index contributed by atoms with van der Waals surface area (Å²) in [6.45, 7) is 3.74. The maximum Gasteiger partial charge on any atom is 0.181 e. The van der Waals surface area contributed by atoms with Crippen LogP contribution in [-0.2, 0) is 11.3 Å². The van der Waals surface area contributed by atoms with E-state index < -0.39 is 0 Å². The zero-order valence-electron chi connectivity index (χ0n) is 10.2. The highest BCUT2D eigenvalue weighted by molar-refractivity contribution is 7.22. The molecule has 2 heterocycles. The minimum Gasteiger partial charge on any atom is -0.381 e. The van der Waals surface area contributed by atoms with E-state index in [1.807, 2.05) is 6.07 Å². The van der Waals surface area contributed by atoms with Gasteiger partial charge in [-0.1, -0.05) is 17.4 Å². The molecule has 0 amide bonds. The van der Waals surface area contributed by atoms with Gasteiger partial charge in [0.2, 0.25) is 0 Å². The molecular formula is C13H17N3OS. The van der Waals surface area contributed by atoms with Crippen LogP contribution in [0.25, 0.3) is 10.2 Å². The predicted molar refractivity (Wildman–Crippen MR) is 74.7 cm³/mol. The Bertz CT molecular complexity index is 534. The van der Waals surface area contributed by atoms with Crippen LogP contribution in [-0.4, -0.2) is 24.7 Å². The number of benzene rings is 1. The van der Waals surface area contributed by atoms with Crippen LogP contribution in [0.15, 0.2) is 18.2 Å². The summed E-state index contributed by atoms with van der Waals surface area (Å²) in [5.74, 6) is 0.674. The van der Waals surface area contributed by atoms with E-state index in [4.69, 9.17) is 10.5 Å². The van der Waals surface area contributed by atoms with Gasteiger partial charge in [-0.2, -0.15) is 0 Å². The van der Waals surface area contributed by atoms with Gasteiger partial charge in [0.25, 0.3) is 0 Å². The Morgan fingerprint density at radius 1 is 1.50 bits per heavy atom. The fraction of sp³-hybridized carbons (Fsp3) is 0.462. The second-order valence-electron chi connectivity index (χ2n) is 4.71. The molecule has 3 N–H and O–H groups in total. The van der Waals surface area contributed by atoms with Gasteiger partial charge in [-0.15, -0.1) is 0 Å². The summed E-state index contributed by atoms with van der Waals surface area (Å²) in [7, 11) is 0. The molecule has 1 aromatic carbocycles. The molecule has 1 atom stereocenters. The third-order valence-electron chi connectivity index (χ3n) is 3.26. The minimum absolute atomic E-state index is 0.637. The maximum absolute atomic E-state index is 5.70. The summed E-state index contributed by atoms with van der Waals surface area (Å²) in [5.41, 5.74) is 7.97. The Balaban J connectivity index is 1.59. The largest absolute Gasteiger partial charge is 0.381 e. The van der Waals surface area contributed by atoms with E-state index in [0.717, 1.165) is 36.5 Å². The Kier molecular flexibility index (Phi) is 3.45. The maximum atomic E-state index is 5.70. The van der Waals surface area contributed by atoms with Gasteiger partial charge >= 0.3 is 0 Å². The van der Waals surface area contributed by atoms with E-state index in [0.29, 0.717) is 11.0 Å². The number of thiazole rings is 1. The average Bonchev–Trinajstić information content (AvgIpc) is 2.96. The molecule has 1 aliphatic heterocycles. The van der Waals surface area contributed by atoms with Crippen molar-refractivity contribution in [1.82, 2.24) is 10.3 Å². The minimum atomic E-state index is 0.637. The number of nitrogen functional groups attached to an aromatic ring is 1. The first-order valence-corrected chi connectivity index (χ1v) is 7.06. The van der Waals surface area contributed by atoms with Gasteiger partial charge in [0.15, 0.2) is 5.13 Å². The molecule has 1 aromatic heterocycles. The van der Waals surface area contributed by atoms with Gasteiger partial charge in [-0.05, 0) is 30.0 Å². The molecular weight excluding hydrogens is 246 g/mol. The standard InChI is InChI=1S/C13H17N3OS/c14-13-16-11-2-1-9(5-12(11)18-13)6-15-7-10-3-4-17-8-10/h1-2,5,10,15H,3-4,6-8H2,(H2,14,16). The smallest absolute Gasteiger partial charge is 0.181 e. The quantitative estimate of drug-likeness (QED) is 0.886. The molecule has 0 radical (unpaired) electrons. The summed E-state index contributed by atoms with van der Waals surface area (Å²) in [4.78, 5) is 4.26. The molecule has 0 spiro atoms. The van der Waals surface area contributed by atoms with E-state index in [9.17, 15) is 0 Å². The number of aromatic nitrogens is 1. The normalized spacial score (nSPS) is 19.7. The lowest BCUT2D eigenvalue weighted by molar-refractivity contribution is 0.185. The second kappa shape index (κ2) is 5.22. The van der Waals surface area contributed by atoms with Crippen molar-refractivity contribution in [3.05, 3.63) is 23.8 Å². The van der Waals surface area contributed by atoms with Crippen LogP contribution in [0.2, 0.25) is 0 Å². The van der Waals surface area contributed by atoms with Crippen LogP contribution >= 0.6 is 11.3 Å². The summed E-state index contributed by atoms with van der Waals surface area (Å²) in [6, 6.07) is 6.32. The van der Waals surface area contributed by atoms with Crippen molar-refractivity contribution < 1.29 is 4.74 Å². The first kappa shape index (κ1) is 11.9. The molecule has 18 heavy (non-hydrogen) atoms. The lowest BCUT2D eigenvalue weighted by atomic mass is 10.1. The Labute approximate surface area is 110 Å². The van der Waals surface area contributed by atoms with E-state index in [-0.39, 0.29) is 0 Å². The molecule has 4 nitrogen and oxygen atoms in total. The third kappa shape index (κ3) is 2.63. The number of fused-ring (bicyclic) bond motifs is 1. The molecule has 1 fully saturated rings. The lowest BCUT2D eigenvalue weighted by Crippen LogP contribution is -2.22. The number of ether oxygens (including phenoxy) is 1. The van der Waals surface area contributed by atoms with E-state index in [2.05, 4.69) is 22.4 Å². The number of nitrogens with one attached hydrogen (secondary N) is 1. The zero-order valence-corrected chi connectivity index (χ0v) is 11.0. The average molecular weight is 263 g/mol. The monoisotopic (exact) mass is 263 g/mol. The number of anilines is 1. The van der Waals surface area contributed by atoms with Gasteiger partial charge in [0.1, 0.15) is 0 Å². The van der Waals surface area contributed by atoms with Crippen LogP contribution in [0, 0.1) is 5.92 Å². The van der Waals surface area contributed by atoms with Crippen LogP contribution in [0.5, 0.6) is 0 Å². The van der Waals surface area contributed by atoms with Gasteiger partial charge in [-0.3, -0.25) is 0 Å². The lowest BCUT2D eigenvalue weighted by Gasteiger charge is -2.09. The Morgan fingerprint density at radius 2 is 2.44 bits per heavy atom. The fourth-order valence-corrected chi connectivity index (χ4v) is 3.06. The number of hydrogen-bond donors (Lipinski definition) is 2. The SMILES string of the molecule is Nc1nc2ccc(CNCC3CCOC3)cc2s1. The number of rotatable bonds is 4. The number of nitrogens with zero attached hydrogens (tertiary/aromatic N) is 1. The second-order valence-corrected chi connectivity index (χ2v) is 5.78. The molecule has 1 unspecified atom stereocenters. The van der Waals surface area contributed by atoms with Crippen molar-refractivity contribution in [3.8, 4) is 0 Å². The van der Waals surface area contributed by atoms with E-state index >= 15 is 0 Å². The summed E-state index contributed by atoms with van der Waals surface area (Å²) in [6.07, 6.45) is 1.18. The molecule has 3 rings (SSSR count). The van der Waals surface area contributed by atoms with Crippen molar-refractivity contribution in [1.29, 1.82) is 0 Å². The van der Waals surface area contributed by atoms with Gasteiger partial charge in [-0.25, -0.2) is 4.98 Å². The Hall–Kier alpha value is -1.17. The first-order chi connectivity index (χ1) is 8.81. The van der Waals surface area contributed by atoms with Gasteiger partial charge in [0.05, 0.1) is 16.8 Å². The number of nitrogens with two attached hydrogens (primary N) is 1. The Morgan fingerprint density at radius 3 is 3.28 bits per heavy atom. The van der Waals surface area contributed by atoms with Crippen molar-refractivity contribution in [2.24, 2.45) is 5.92 Å². The van der Waals surface area contributed by atoms with Crippen molar-refractivity contribution >= 4 is 26.7 Å². The molecule has 1 aliphatic rings. The van der Waals surface area contributed by atoms with Crippen LogP contribution in [0.4, 0.5) is 5.13 Å². The molecule has 96 valence electrons. The fourth-order valence-electron chi connectivity index (χ4n) is 2.26. The molecule has 0 bridgehead atoms. The first-order valence-electron chi connectivity index (χ1n) is 6.24. The highest BCUT2D eigenvalue weighted by atomic mass is 32.1. The van der Waals surface area contributed by atoms with E-state index in [1.165, 1.54) is 12.0 Å². The van der Waals surface area contributed by atoms with Crippen molar-refractivity contribution in [2.45, 2.75) is 13.0 Å². The zero-order chi connectivity index (χ0) is 12.4. The van der Waals surface area contributed by atoms with Crippen molar-refractivity contribution in [3.63, 3.8) is 0 Å². The summed E-state index contributed by atoms with van der Waals surface area (Å²) in [5, 5.41) is 4.13.